The lowest BCUT2D eigenvalue weighted by Crippen LogP contribution is -2.37. The molecule has 0 saturated carbocycles. The van der Waals surface area contributed by atoms with Gasteiger partial charge in [0, 0.05) is 38.3 Å². The first-order chi connectivity index (χ1) is 14.0. The molecule has 154 valence electrons. The molecular formula is C19H21F3N6O. The highest BCUT2D eigenvalue weighted by Gasteiger charge is 2.31. The minimum Gasteiger partial charge on any atom is -0.405 e. The summed E-state index contributed by atoms with van der Waals surface area (Å²) in [4.78, 5) is 4.09. The summed E-state index contributed by atoms with van der Waals surface area (Å²) in [6.45, 7) is 0.753. The molecule has 0 saturated heterocycles. The van der Waals surface area contributed by atoms with E-state index in [9.17, 15) is 13.2 Å². The number of ether oxygens (including phenoxy) is 1. The third-order valence-electron chi connectivity index (χ3n) is 4.12. The normalized spacial score (nSPS) is 12.2. The van der Waals surface area contributed by atoms with Gasteiger partial charge in [0.1, 0.15) is 11.6 Å². The van der Waals surface area contributed by atoms with Crippen LogP contribution in [0.4, 0.5) is 13.2 Å². The number of benzene rings is 1. The molecule has 1 aromatic carbocycles. The molecule has 3 aromatic rings. The Morgan fingerprint density at radius 2 is 1.90 bits per heavy atom. The number of fused-ring (bicyclic) bond motifs is 1. The number of nitrogens with one attached hydrogen (secondary N) is 2. The van der Waals surface area contributed by atoms with Crippen molar-refractivity contribution in [2.75, 3.05) is 13.6 Å². The van der Waals surface area contributed by atoms with Crippen LogP contribution in [0.15, 0.2) is 53.7 Å². The molecule has 0 unspecified atom stereocenters. The summed E-state index contributed by atoms with van der Waals surface area (Å²) in [6, 6.07) is 11.7. The van der Waals surface area contributed by atoms with E-state index in [-0.39, 0.29) is 12.3 Å². The van der Waals surface area contributed by atoms with Gasteiger partial charge in [-0.2, -0.15) is 0 Å². The number of rotatable bonds is 7. The van der Waals surface area contributed by atoms with Gasteiger partial charge in [0.2, 0.25) is 0 Å². The third-order valence-corrected chi connectivity index (χ3v) is 4.12. The molecule has 0 bridgehead atoms. The Hall–Kier alpha value is -3.30. The Morgan fingerprint density at radius 1 is 1.10 bits per heavy atom. The van der Waals surface area contributed by atoms with E-state index < -0.39 is 6.36 Å². The largest absolute Gasteiger partial charge is 0.573 e. The number of para-hydroxylation sites is 1. The third kappa shape index (κ3) is 5.84. The maximum Gasteiger partial charge on any atom is 0.573 e. The quantitative estimate of drug-likeness (QED) is 0.359. The molecule has 2 aromatic heterocycles. The average molecular weight is 406 g/mol. The molecule has 0 fully saturated rings. The zero-order chi connectivity index (χ0) is 20.7. The van der Waals surface area contributed by atoms with Gasteiger partial charge < -0.3 is 15.4 Å². The highest BCUT2D eigenvalue weighted by Crippen LogP contribution is 2.26. The lowest BCUT2D eigenvalue weighted by molar-refractivity contribution is -0.274. The van der Waals surface area contributed by atoms with Gasteiger partial charge in [0.15, 0.2) is 11.6 Å². The molecule has 2 N–H and O–H groups in total. The molecule has 0 atom stereocenters. The summed E-state index contributed by atoms with van der Waals surface area (Å²) in [5.41, 5.74) is 1.18. The lowest BCUT2D eigenvalue weighted by atomic mass is 10.2. The highest BCUT2D eigenvalue weighted by atomic mass is 19.4. The second-order valence-corrected chi connectivity index (χ2v) is 6.16. The van der Waals surface area contributed by atoms with Crippen molar-refractivity contribution in [2.24, 2.45) is 4.99 Å². The van der Waals surface area contributed by atoms with Crippen LogP contribution in [0, 0.1) is 0 Å². The predicted molar refractivity (Wildman–Crippen MR) is 103 cm³/mol. The fraction of sp³-hybridized carbons (Fsp3) is 0.316. The summed E-state index contributed by atoms with van der Waals surface area (Å²) >= 11 is 0. The summed E-state index contributed by atoms with van der Waals surface area (Å²) < 4.78 is 43.5. The first-order valence-corrected chi connectivity index (χ1v) is 9.03. The number of hydrogen-bond acceptors (Lipinski definition) is 4. The first kappa shape index (κ1) is 20.4. The molecule has 0 spiro atoms. The van der Waals surface area contributed by atoms with Crippen LogP contribution in [-0.2, 0) is 13.0 Å². The van der Waals surface area contributed by atoms with Crippen LogP contribution in [0.3, 0.4) is 0 Å². The van der Waals surface area contributed by atoms with Gasteiger partial charge >= 0.3 is 6.36 Å². The predicted octanol–water partition coefficient (Wildman–Crippen LogP) is 2.93. The van der Waals surface area contributed by atoms with Gasteiger partial charge in [-0.05, 0) is 24.6 Å². The van der Waals surface area contributed by atoms with Crippen LogP contribution in [0.1, 0.15) is 17.8 Å². The number of halogens is 3. The maximum absolute atomic E-state index is 12.5. The summed E-state index contributed by atoms with van der Waals surface area (Å²) in [5, 5.41) is 14.4. The minimum atomic E-state index is -4.73. The second kappa shape index (κ2) is 9.26. The molecule has 10 heteroatoms. The molecule has 0 aliphatic rings. The molecular weight excluding hydrogens is 385 g/mol. The van der Waals surface area contributed by atoms with Gasteiger partial charge in [-0.15, -0.1) is 23.4 Å². The molecule has 0 amide bonds. The number of aromatic nitrogens is 3. The Morgan fingerprint density at radius 3 is 2.69 bits per heavy atom. The van der Waals surface area contributed by atoms with E-state index >= 15 is 0 Å². The SMILES string of the molecule is CN=C(NCCCc1nnc2ccccn12)NCc1ccccc1OC(F)(F)F. The van der Waals surface area contributed by atoms with Crippen molar-refractivity contribution >= 4 is 11.6 Å². The van der Waals surface area contributed by atoms with E-state index in [0.717, 1.165) is 24.3 Å². The van der Waals surface area contributed by atoms with Crippen LogP contribution >= 0.6 is 0 Å². The second-order valence-electron chi connectivity index (χ2n) is 6.16. The van der Waals surface area contributed by atoms with Crippen LogP contribution < -0.4 is 15.4 Å². The molecule has 0 radical (unpaired) electrons. The number of aliphatic imine (C=N–C) groups is 1. The van der Waals surface area contributed by atoms with Crippen LogP contribution in [-0.4, -0.2) is 40.5 Å². The van der Waals surface area contributed by atoms with E-state index in [1.165, 1.54) is 12.1 Å². The van der Waals surface area contributed by atoms with E-state index in [1.807, 2.05) is 28.8 Å². The van der Waals surface area contributed by atoms with Crippen molar-refractivity contribution in [2.45, 2.75) is 25.7 Å². The molecule has 0 aliphatic heterocycles. The zero-order valence-corrected chi connectivity index (χ0v) is 15.8. The number of hydrogen-bond donors (Lipinski definition) is 2. The van der Waals surface area contributed by atoms with Crippen molar-refractivity contribution in [3.05, 3.63) is 60.0 Å². The average Bonchev–Trinajstić information content (AvgIpc) is 3.10. The summed E-state index contributed by atoms with van der Waals surface area (Å²) in [6.07, 6.45) is -1.32. The minimum absolute atomic E-state index is 0.140. The lowest BCUT2D eigenvalue weighted by Gasteiger charge is -2.15. The van der Waals surface area contributed by atoms with E-state index in [0.29, 0.717) is 18.1 Å². The number of guanidine groups is 1. The molecule has 0 aliphatic carbocycles. The Bertz CT molecular complexity index is 970. The highest BCUT2D eigenvalue weighted by molar-refractivity contribution is 5.79. The number of aryl methyl sites for hydroxylation is 1. The van der Waals surface area contributed by atoms with Crippen molar-refractivity contribution in [3.63, 3.8) is 0 Å². The van der Waals surface area contributed by atoms with Crippen LogP contribution in [0.5, 0.6) is 5.75 Å². The fourth-order valence-corrected chi connectivity index (χ4v) is 2.79. The van der Waals surface area contributed by atoms with Crippen LogP contribution in [0.2, 0.25) is 0 Å². The smallest absolute Gasteiger partial charge is 0.405 e. The maximum atomic E-state index is 12.5. The molecule has 7 nitrogen and oxygen atoms in total. The Kier molecular flexibility index (Phi) is 6.53. The Balaban J connectivity index is 1.48. The number of nitrogens with zero attached hydrogens (tertiary/aromatic N) is 4. The topological polar surface area (TPSA) is 75.8 Å². The van der Waals surface area contributed by atoms with Crippen LogP contribution in [0.25, 0.3) is 5.65 Å². The molecule has 3 rings (SSSR count). The van der Waals surface area contributed by atoms with Crippen molar-refractivity contribution in [1.29, 1.82) is 0 Å². The zero-order valence-electron chi connectivity index (χ0n) is 15.8. The van der Waals surface area contributed by atoms with Gasteiger partial charge in [0.05, 0.1) is 0 Å². The van der Waals surface area contributed by atoms with Crippen molar-refractivity contribution < 1.29 is 17.9 Å². The monoisotopic (exact) mass is 406 g/mol. The van der Waals surface area contributed by atoms with E-state index in [4.69, 9.17) is 0 Å². The summed E-state index contributed by atoms with van der Waals surface area (Å²) in [5.74, 6) is 1.11. The van der Waals surface area contributed by atoms with Gasteiger partial charge in [-0.3, -0.25) is 9.39 Å². The Labute approximate surface area is 165 Å². The standard InChI is InChI=1S/C19H21F3N6O/c1-23-18(25-13-14-7-2-3-8-15(14)29-19(20,21)22)24-11-6-10-17-27-26-16-9-4-5-12-28(16)17/h2-5,7-9,12H,6,10-11,13H2,1H3,(H2,23,24,25). The van der Waals surface area contributed by atoms with E-state index in [2.05, 4.69) is 30.6 Å². The summed E-state index contributed by atoms with van der Waals surface area (Å²) in [7, 11) is 1.60. The number of alkyl halides is 3. The molecule has 2 heterocycles. The fourth-order valence-electron chi connectivity index (χ4n) is 2.79. The molecule has 29 heavy (non-hydrogen) atoms. The number of pyridine rings is 1. The van der Waals surface area contributed by atoms with Gasteiger partial charge in [0.25, 0.3) is 0 Å². The van der Waals surface area contributed by atoms with Gasteiger partial charge in [-0.25, -0.2) is 0 Å². The van der Waals surface area contributed by atoms with Crippen molar-refractivity contribution in [3.8, 4) is 5.75 Å². The van der Waals surface area contributed by atoms with Crippen molar-refractivity contribution in [1.82, 2.24) is 25.2 Å². The van der Waals surface area contributed by atoms with E-state index in [1.54, 1.807) is 19.2 Å². The van der Waals surface area contributed by atoms with Gasteiger partial charge in [-0.1, -0.05) is 24.3 Å². The first-order valence-electron chi connectivity index (χ1n) is 9.03.